The first kappa shape index (κ1) is 26.6. The van der Waals surface area contributed by atoms with Crippen molar-refractivity contribution in [2.24, 2.45) is 0 Å². The summed E-state index contributed by atoms with van der Waals surface area (Å²) in [6.45, 7) is -3.23. The van der Waals surface area contributed by atoms with Gasteiger partial charge in [0.25, 0.3) is 0 Å². The van der Waals surface area contributed by atoms with Crippen LogP contribution >= 0.6 is 0 Å². The topological polar surface area (TPSA) is 15.7 Å². The summed E-state index contributed by atoms with van der Waals surface area (Å²) < 4.78 is 110. The molecule has 0 spiro atoms. The number of alkyl halides is 8. The predicted octanol–water partition coefficient (Wildman–Crippen LogP) is 7.83. The van der Waals surface area contributed by atoms with Gasteiger partial charge in [-0.2, -0.15) is 35.1 Å². The van der Waals surface area contributed by atoms with E-state index in [0.29, 0.717) is 16.9 Å². The molecular formula is C26H22F8N2O. The third kappa shape index (κ3) is 6.64. The summed E-state index contributed by atoms with van der Waals surface area (Å²) in [4.78, 5) is 3.29. The molecule has 0 aromatic heterocycles. The fourth-order valence-corrected chi connectivity index (χ4v) is 4.47. The maximum atomic E-state index is 13.4. The molecule has 1 heterocycles. The minimum atomic E-state index is -4.62. The van der Waals surface area contributed by atoms with Gasteiger partial charge in [-0.3, -0.25) is 0 Å². The Morgan fingerprint density at radius 3 is 2.22 bits per heavy atom. The van der Waals surface area contributed by atoms with Crippen LogP contribution in [0.15, 0.2) is 72.8 Å². The highest BCUT2D eigenvalue weighted by Gasteiger charge is 2.37. The number of anilines is 2. The van der Waals surface area contributed by atoms with Crippen LogP contribution in [0.2, 0.25) is 0 Å². The number of benzene rings is 3. The van der Waals surface area contributed by atoms with Crippen molar-refractivity contribution >= 4 is 11.4 Å². The van der Waals surface area contributed by atoms with Gasteiger partial charge in [-0.25, -0.2) is 0 Å². The summed E-state index contributed by atoms with van der Waals surface area (Å²) in [5, 5.41) is 0. The molecule has 3 aromatic carbocycles. The van der Waals surface area contributed by atoms with E-state index in [1.54, 1.807) is 30.3 Å². The van der Waals surface area contributed by atoms with E-state index < -0.39 is 43.5 Å². The molecular weight excluding hydrogens is 508 g/mol. The number of halogens is 8. The second-order valence-electron chi connectivity index (χ2n) is 8.59. The van der Waals surface area contributed by atoms with Gasteiger partial charge in [-0.15, -0.1) is 0 Å². The number of para-hydroxylation sites is 2. The van der Waals surface area contributed by atoms with Crippen LogP contribution in [0, 0.1) is 0 Å². The van der Waals surface area contributed by atoms with Gasteiger partial charge in [0, 0.05) is 19.6 Å². The van der Waals surface area contributed by atoms with Gasteiger partial charge < -0.3 is 14.5 Å². The van der Waals surface area contributed by atoms with E-state index in [2.05, 4.69) is 4.74 Å². The summed E-state index contributed by atoms with van der Waals surface area (Å²) in [7, 11) is 0. The SMILES string of the molecule is FC(F)Oc1cccc(CN2CC(c3cccc(C(F)(F)F)c3)N(CCC(F)(F)F)c3ccccc32)c1. The summed E-state index contributed by atoms with van der Waals surface area (Å²) in [5.74, 6) is -0.0565. The van der Waals surface area contributed by atoms with Crippen molar-refractivity contribution in [3.63, 3.8) is 0 Å². The minimum absolute atomic E-state index is 0.0565. The Bertz CT molecular complexity index is 1210. The number of rotatable bonds is 7. The summed E-state index contributed by atoms with van der Waals surface area (Å²) >= 11 is 0. The molecule has 3 aromatic rings. The molecule has 1 aliphatic rings. The van der Waals surface area contributed by atoms with Crippen LogP contribution in [0.5, 0.6) is 5.75 Å². The van der Waals surface area contributed by atoms with Crippen LogP contribution in [-0.4, -0.2) is 25.9 Å². The fraction of sp³-hybridized carbons (Fsp3) is 0.308. The standard InChI is InChI=1S/C26H22F8N2O/c27-24(28)37-20-8-3-5-17(13-20)15-35-16-23(18-6-4-7-19(14-18)26(32,33)34)36(12-11-25(29,30)31)22-10-2-1-9-21(22)35/h1-10,13-14,23-24H,11-12,15-16H2. The molecule has 11 heteroatoms. The molecule has 0 amide bonds. The van der Waals surface area contributed by atoms with Crippen LogP contribution in [0.4, 0.5) is 46.5 Å². The largest absolute Gasteiger partial charge is 0.435 e. The van der Waals surface area contributed by atoms with E-state index in [0.717, 1.165) is 12.1 Å². The average Bonchev–Trinajstić information content (AvgIpc) is 2.82. The average molecular weight is 530 g/mol. The van der Waals surface area contributed by atoms with Crippen molar-refractivity contribution in [2.75, 3.05) is 22.9 Å². The molecule has 0 fully saturated rings. The van der Waals surface area contributed by atoms with E-state index in [1.807, 2.05) is 4.90 Å². The number of hydrogen-bond acceptors (Lipinski definition) is 3. The quantitative estimate of drug-likeness (QED) is 0.290. The monoisotopic (exact) mass is 530 g/mol. The highest BCUT2D eigenvalue weighted by molar-refractivity contribution is 5.74. The van der Waals surface area contributed by atoms with Gasteiger partial charge in [0.2, 0.25) is 0 Å². The zero-order valence-corrected chi connectivity index (χ0v) is 19.2. The summed E-state index contributed by atoms with van der Waals surface area (Å²) in [6, 6.07) is 16.4. The van der Waals surface area contributed by atoms with Crippen molar-refractivity contribution in [3.05, 3.63) is 89.5 Å². The van der Waals surface area contributed by atoms with Crippen molar-refractivity contribution in [2.45, 2.75) is 38.0 Å². The van der Waals surface area contributed by atoms with Crippen LogP contribution in [-0.2, 0) is 12.7 Å². The first-order valence-corrected chi connectivity index (χ1v) is 11.3. The Labute approximate surface area is 207 Å². The second-order valence-corrected chi connectivity index (χ2v) is 8.59. The Hall–Kier alpha value is -3.50. The lowest BCUT2D eigenvalue weighted by atomic mass is 9.97. The summed E-state index contributed by atoms with van der Waals surface area (Å²) in [5.41, 5.74) is 0.905. The highest BCUT2D eigenvalue weighted by Crippen LogP contribution is 2.43. The molecule has 0 saturated carbocycles. The highest BCUT2D eigenvalue weighted by atomic mass is 19.4. The van der Waals surface area contributed by atoms with Crippen molar-refractivity contribution in [1.82, 2.24) is 0 Å². The zero-order chi connectivity index (χ0) is 26.8. The van der Waals surface area contributed by atoms with Gasteiger partial charge in [0.05, 0.1) is 29.4 Å². The zero-order valence-electron chi connectivity index (χ0n) is 19.2. The fourth-order valence-electron chi connectivity index (χ4n) is 4.47. The Morgan fingerprint density at radius 1 is 0.838 bits per heavy atom. The van der Waals surface area contributed by atoms with Crippen LogP contribution in [0.1, 0.15) is 29.2 Å². The number of ether oxygens (including phenoxy) is 1. The van der Waals surface area contributed by atoms with Gasteiger partial charge in [0.1, 0.15) is 5.75 Å². The van der Waals surface area contributed by atoms with Gasteiger partial charge >= 0.3 is 19.0 Å². The lowest BCUT2D eigenvalue weighted by molar-refractivity contribution is -0.137. The number of hydrogen-bond donors (Lipinski definition) is 0. The minimum Gasteiger partial charge on any atom is -0.435 e. The Balaban J connectivity index is 1.74. The molecule has 0 radical (unpaired) electrons. The molecule has 0 aliphatic carbocycles. The number of nitrogens with zero attached hydrogens (tertiary/aromatic N) is 2. The van der Waals surface area contributed by atoms with Gasteiger partial charge in [-0.1, -0.05) is 36.4 Å². The van der Waals surface area contributed by atoms with Crippen molar-refractivity contribution in [3.8, 4) is 5.75 Å². The lowest BCUT2D eigenvalue weighted by Crippen LogP contribution is -2.44. The van der Waals surface area contributed by atoms with Crippen LogP contribution < -0.4 is 14.5 Å². The van der Waals surface area contributed by atoms with Gasteiger partial charge in [-0.05, 0) is 47.5 Å². The molecule has 1 unspecified atom stereocenters. The maximum Gasteiger partial charge on any atom is 0.416 e. The third-order valence-corrected chi connectivity index (χ3v) is 6.03. The molecule has 1 aliphatic heterocycles. The van der Waals surface area contributed by atoms with E-state index in [-0.39, 0.29) is 24.4 Å². The van der Waals surface area contributed by atoms with E-state index in [1.165, 1.54) is 35.2 Å². The summed E-state index contributed by atoms with van der Waals surface area (Å²) in [6.07, 6.45) is -10.2. The number of fused-ring (bicyclic) bond motifs is 1. The van der Waals surface area contributed by atoms with Crippen molar-refractivity contribution < 1.29 is 39.9 Å². The van der Waals surface area contributed by atoms with Crippen LogP contribution in [0.3, 0.4) is 0 Å². The van der Waals surface area contributed by atoms with Gasteiger partial charge in [0.15, 0.2) is 0 Å². The molecule has 4 rings (SSSR count). The molecule has 0 saturated heterocycles. The molecule has 0 N–H and O–H groups in total. The van der Waals surface area contributed by atoms with E-state index in [9.17, 15) is 35.1 Å². The normalized spacial score (nSPS) is 16.2. The molecule has 3 nitrogen and oxygen atoms in total. The van der Waals surface area contributed by atoms with Crippen molar-refractivity contribution in [1.29, 1.82) is 0 Å². The third-order valence-electron chi connectivity index (χ3n) is 6.03. The lowest BCUT2D eigenvalue weighted by Gasteiger charge is -2.45. The smallest absolute Gasteiger partial charge is 0.416 e. The van der Waals surface area contributed by atoms with Crippen LogP contribution in [0.25, 0.3) is 0 Å². The molecule has 0 bridgehead atoms. The first-order valence-electron chi connectivity index (χ1n) is 11.3. The van der Waals surface area contributed by atoms with E-state index in [4.69, 9.17) is 0 Å². The Kier molecular flexibility index (Phi) is 7.52. The first-order chi connectivity index (χ1) is 17.4. The molecule has 1 atom stereocenters. The Morgan fingerprint density at radius 2 is 1.54 bits per heavy atom. The van der Waals surface area contributed by atoms with E-state index >= 15 is 0 Å². The predicted molar refractivity (Wildman–Crippen MR) is 123 cm³/mol. The molecule has 198 valence electrons. The second kappa shape index (κ2) is 10.5. The maximum absolute atomic E-state index is 13.4. The molecule has 37 heavy (non-hydrogen) atoms.